The molecule has 0 spiro atoms. The number of aromatic nitrogens is 1. The van der Waals surface area contributed by atoms with Gasteiger partial charge in [0.05, 0.1) is 22.4 Å². The van der Waals surface area contributed by atoms with Crippen molar-refractivity contribution < 1.29 is 0 Å². The number of benzene rings is 11. The summed E-state index contributed by atoms with van der Waals surface area (Å²) < 4.78 is 2.41. The van der Waals surface area contributed by atoms with Crippen molar-refractivity contribution in [3.05, 3.63) is 277 Å². The zero-order chi connectivity index (χ0) is 49.2. The molecule has 12 aromatic rings. The molecule has 1 saturated carbocycles. The van der Waals surface area contributed by atoms with Crippen LogP contribution in [0, 0.1) is 0 Å². The maximum absolute atomic E-state index is 2.54. The smallest absolute Gasteiger partial charge is 0.0547 e. The van der Waals surface area contributed by atoms with Crippen LogP contribution in [0.3, 0.4) is 0 Å². The summed E-state index contributed by atoms with van der Waals surface area (Å²) in [5.41, 5.74) is 22.0. The molecule has 1 heterocycles. The van der Waals surface area contributed by atoms with E-state index in [9.17, 15) is 0 Å². The Morgan fingerprint density at radius 3 is 1.78 bits per heavy atom. The summed E-state index contributed by atoms with van der Waals surface area (Å²) in [5.74, 6) is 0.559. The van der Waals surface area contributed by atoms with E-state index in [1.165, 1.54) is 131 Å². The minimum Gasteiger partial charge on any atom is -0.309 e. The van der Waals surface area contributed by atoms with E-state index in [1.807, 2.05) is 0 Å². The summed E-state index contributed by atoms with van der Waals surface area (Å²) in [4.78, 5) is 2.54. The van der Waals surface area contributed by atoms with Gasteiger partial charge in [-0.2, -0.15) is 0 Å². The van der Waals surface area contributed by atoms with Crippen LogP contribution in [0.15, 0.2) is 255 Å². The third-order valence-electron chi connectivity index (χ3n) is 16.7. The number of para-hydroxylation sites is 4. The summed E-state index contributed by atoms with van der Waals surface area (Å²) in [6.07, 6.45) is 6.42. The largest absolute Gasteiger partial charge is 0.309 e. The highest BCUT2D eigenvalue weighted by Gasteiger charge is 2.41. The van der Waals surface area contributed by atoms with E-state index in [-0.39, 0.29) is 5.41 Å². The molecule has 74 heavy (non-hydrogen) atoms. The highest BCUT2D eigenvalue weighted by atomic mass is 15.1. The van der Waals surface area contributed by atoms with E-state index < -0.39 is 0 Å². The highest BCUT2D eigenvalue weighted by Crippen LogP contribution is 2.55. The highest BCUT2D eigenvalue weighted by molar-refractivity contribution is 6.16. The van der Waals surface area contributed by atoms with E-state index in [0.29, 0.717) is 5.92 Å². The molecule has 2 nitrogen and oxygen atoms in total. The fourth-order valence-corrected chi connectivity index (χ4v) is 13.2. The minimum atomic E-state index is -0.319. The second kappa shape index (κ2) is 18.1. The van der Waals surface area contributed by atoms with E-state index >= 15 is 0 Å². The molecule has 14 rings (SSSR count). The average Bonchev–Trinajstić information content (AvgIpc) is 3.97. The van der Waals surface area contributed by atoms with Gasteiger partial charge in [-0.25, -0.2) is 0 Å². The summed E-state index contributed by atoms with van der Waals surface area (Å²) in [6, 6.07) is 95.2. The Morgan fingerprint density at radius 2 is 0.986 bits per heavy atom. The quantitative estimate of drug-likeness (QED) is 0.140. The van der Waals surface area contributed by atoms with E-state index in [1.54, 1.807) is 0 Å². The zero-order valence-electron chi connectivity index (χ0n) is 41.8. The molecule has 1 fully saturated rings. The summed E-state index contributed by atoms with van der Waals surface area (Å²) in [5, 5.41) is 5.20. The first-order valence-electron chi connectivity index (χ1n) is 26.6. The summed E-state index contributed by atoms with van der Waals surface area (Å²) >= 11 is 0. The van der Waals surface area contributed by atoms with Crippen LogP contribution < -0.4 is 4.90 Å². The molecule has 0 saturated heterocycles. The van der Waals surface area contributed by atoms with Crippen molar-refractivity contribution >= 4 is 49.6 Å². The van der Waals surface area contributed by atoms with Crippen LogP contribution in [0.2, 0.25) is 0 Å². The molecule has 2 aliphatic carbocycles. The van der Waals surface area contributed by atoms with Crippen molar-refractivity contribution in [2.45, 2.75) is 50.4 Å². The lowest BCUT2D eigenvalue weighted by atomic mass is 9.74. The van der Waals surface area contributed by atoms with Crippen LogP contribution in [0.4, 0.5) is 17.1 Å². The van der Waals surface area contributed by atoms with Gasteiger partial charge >= 0.3 is 0 Å². The van der Waals surface area contributed by atoms with Crippen molar-refractivity contribution in [2.24, 2.45) is 0 Å². The van der Waals surface area contributed by atoms with Crippen molar-refractivity contribution in [2.75, 3.05) is 4.90 Å². The van der Waals surface area contributed by atoms with Gasteiger partial charge in [-0.15, -0.1) is 0 Å². The second-order valence-corrected chi connectivity index (χ2v) is 20.7. The van der Waals surface area contributed by atoms with Gasteiger partial charge < -0.3 is 9.47 Å². The average molecular weight is 949 g/mol. The Labute approximate surface area is 434 Å². The first kappa shape index (κ1) is 44.0. The first-order chi connectivity index (χ1) is 36.6. The van der Waals surface area contributed by atoms with Gasteiger partial charge in [-0.3, -0.25) is 0 Å². The molecule has 2 heteroatoms. The van der Waals surface area contributed by atoms with Gasteiger partial charge in [0.25, 0.3) is 0 Å². The number of hydrogen-bond donors (Lipinski definition) is 0. The lowest BCUT2D eigenvalue weighted by molar-refractivity contribution is 0.445. The second-order valence-electron chi connectivity index (χ2n) is 20.7. The van der Waals surface area contributed by atoms with Crippen LogP contribution in [0.25, 0.3) is 82.8 Å². The van der Waals surface area contributed by atoms with Crippen molar-refractivity contribution in [1.29, 1.82) is 0 Å². The Kier molecular flexibility index (Phi) is 10.8. The van der Waals surface area contributed by atoms with Crippen LogP contribution in [-0.4, -0.2) is 4.57 Å². The molecule has 0 aliphatic heterocycles. The molecule has 0 N–H and O–H groups in total. The van der Waals surface area contributed by atoms with Gasteiger partial charge in [0.15, 0.2) is 0 Å². The molecule has 1 aromatic heterocycles. The topological polar surface area (TPSA) is 8.17 Å². The van der Waals surface area contributed by atoms with Crippen LogP contribution in [0.1, 0.15) is 67.2 Å². The van der Waals surface area contributed by atoms with Gasteiger partial charge in [-0.1, -0.05) is 219 Å². The van der Waals surface area contributed by atoms with Crippen LogP contribution in [-0.2, 0) is 5.41 Å². The third kappa shape index (κ3) is 7.07. The van der Waals surface area contributed by atoms with Crippen molar-refractivity contribution in [3.8, 4) is 50.2 Å². The molecule has 0 amide bonds. The number of fused-ring (bicyclic) bond motifs is 7. The maximum atomic E-state index is 2.54. The molecule has 2 aliphatic rings. The van der Waals surface area contributed by atoms with Crippen molar-refractivity contribution in [3.63, 3.8) is 0 Å². The zero-order valence-corrected chi connectivity index (χ0v) is 41.8. The Balaban J connectivity index is 0.972. The van der Waals surface area contributed by atoms with Gasteiger partial charge in [0.1, 0.15) is 0 Å². The first-order valence-corrected chi connectivity index (χ1v) is 26.6. The minimum absolute atomic E-state index is 0.319. The van der Waals surface area contributed by atoms with Gasteiger partial charge in [0, 0.05) is 38.7 Å². The molecular formula is C72H56N2. The predicted molar refractivity (Wildman–Crippen MR) is 313 cm³/mol. The number of anilines is 3. The summed E-state index contributed by atoms with van der Waals surface area (Å²) in [6.45, 7) is 2.42. The Morgan fingerprint density at radius 1 is 0.405 bits per heavy atom. The number of rotatable bonds is 9. The Hall–Kier alpha value is -8.72. The molecule has 354 valence electrons. The monoisotopic (exact) mass is 948 g/mol. The molecule has 11 aromatic carbocycles. The van der Waals surface area contributed by atoms with E-state index in [2.05, 4.69) is 271 Å². The van der Waals surface area contributed by atoms with Crippen molar-refractivity contribution in [1.82, 2.24) is 4.57 Å². The van der Waals surface area contributed by atoms with Gasteiger partial charge in [0.2, 0.25) is 0 Å². The van der Waals surface area contributed by atoms with E-state index in [4.69, 9.17) is 0 Å². The standard InChI is InChI=1S/C72H56N2/c1-72(53-26-7-3-8-27-53)64-37-15-11-31-59(64)60-47-44-52(48-65(60)72)56-30-12-16-38-66(56)73(67-39-17-13-32-61(67)62-36-20-25-51-24-19-34-57(70(51)62)49-22-5-2-6-23-49)55-45-42-50(43-46-55)58-35-21-41-69-71(58)63-33-14-18-40-68(63)74(69)54-28-9-4-10-29-54/h3-4,7-21,24-49H,2,5-6,22-23H2,1H3. The number of nitrogens with zero attached hydrogens (tertiary/aromatic N) is 2. The van der Waals surface area contributed by atoms with E-state index in [0.717, 1.165) is 22.7 Å². The predicted octanol–water partition coefficient (Wildman–Crippen LogP) is 19.8. The molecule has 0 bridgehead atoms. The maximum Gasteiger partial charge on any atom is 0.0547 e. The molecular weight excluding hydrogens is 893 g/mol. The van der Waals surface area contributed by atoms with Gasteiger partial charge in [-0.05, 0) is 147 Å². The normalized spacial score (nSPS) is 15.4. The lowest BCUT2D eigenvalue weighted by Crippen LogP contribution is -2.22. The molecule has 1 unspecified atom stereocenters. The van der Waals surface area contributed by atoms with Crippen LogP contribution in [0.5, 0.6) is 0 Å². The van der Waals surface area contributed by atoms with Crippen LogP contribution >= 0.6 is 0 Å². The fourth-order valence-electron chi connectivity index (χ4n) is 13.2. The molecule has 1 atom stereocenters. The fraction of sp³-hybridized carbons (Fsp3) is 0.111. The summed E-state index contributed by atoms with van der Waals surface area (Å²) in [7, 11) is 0. The lowest BCUT2D eigenvalue weighted by Gasteiger charge is -2.31. The molecule has 0 radical (unpaired) electrons. The Bertz CT molecular complexity index is 4060. The number of hydrogen-bond acceptors (Lipinski definition) is 1. The third-order valence-corrected chi connectivity index (χ3v) is 16.7. The SMILES string of the molecule is CC1(c2ccccc2)c2ccccc2-c2ccc(-c3ccccc3N(c3ccc(-c4cccc5c4c4ccccc4n5-c4ccccc4)cc3)c3ccccc3-c3cccc4cccc(C5CCCCC5)c34)cc21.